The Hall–Kier alpha value is -1.11. The van der Waals surface area contributed by atoms with E-state index in [4.69, 9.17) is 4.74 Å². The highest BCUT2D eigenvalue weighted by molar-refractivity contribution is 7.89. The summed E-state index contributed by atoms with van der Waals surface area (Å²) < 4.78 is 32.9. The SMILES string of the molecule is COc1cc(C)c(C)cc1S(=O)(=O)NCCN1CCCCC1. The molecule has 0 radical (unpaired) electrons. The number of aryl methyl sites for hydroxylation is 2. The summed E-state index contributed by atoms with van der Waals surface area (Å²) in [5, 5.41) is 0. The highest BCUT2D eigenvalue weighted by Crippen LogP contribution is 2.27. The van der Waals surface area contributed by atoms with E-state index in [1.54, 1.807) is 12.1 Å². The third-order valence-corrected chi connectivity index (χ3v) is 5.72. The maximum absolute atomic E-state index is 12.5. The molecule has 1 aromatic carbocycles. The van der Waals surface area contributed by atoms with Gasteiger partial charge in [-0.3, -0.25) is 0 Å². The van der Waals surface area contributed by atoms with Crippen molar-refractivity contribution >= 4 is 10.0 Å². The van der Waals surface area contributed by atoms with E-state index < -0.39 is 10.0 Å². The Kier molecular flexibility index (Phi) is 5.83. The summed E-state index contributed by atoms with van der Waals surface area (Å²) in [6, 6.07) is 3.45. The van der Waals surface area contributed by atoms with E-state index in [1.807, 2.05) is 13.8 Å². The Labute approximate surface area is 133 Å². The van der Waals surface area contributed by atoms with E-state index in [1.165, 1.54) is 26.4 Å². The monoisotopic (exact) mass is 326 g/mol. The topological polar surface area (TPSA) is 58.6 Å². The summed E-state index contributed by atoms with van der Waals surface area (Å²) in [4.78, 5) is 2.53. The van der Waals surface area contributed by atoms with E-state index in [2.05, 4.69) is 9.62 Å². The lowest BCUT2D eigenvalue weighted by Crippen LogP contribution is -2.37. The van der Waals surface area contributed by atoms with Crippen LogP contribution in [0.1, 0.15) is 30.4 Å². The van der Waals surface area contributed by atoms with Crippen LogP contribution in [-0.2, 0) is 10.0 Å². The molecule has 1 N–H and O–H groups in total. The van der Waals surface area contributed by atoms with Gasteiger partial charge >= 0.3 is 0 Å². The van der Waals surface area contributed by atoms with Crippen LogP contribution in [0.15, 0.2) is 17.0 Å². The number of nitrogens with zero attached hydrogens (tertiary/aromatic N) is 1. The minimum atomic E-state index is -3.54. The van der Waals surface area contributed by atoms with Crippen LogP contribution < -0.4 is 9.46 Å². The van der Waals surface area contributed by atoms with Crippen molar-refractivity contribution in [2.24, 2.45) is 0 Å². The predicted molar refractivity (Wildman–Crippen MR) is 87.9 cm³/mol. The number of benzene rings is 1. The number of likely N-dealkylation sites (tertiary alicyclic amines) is 1. The van der Waals surface area contributed by atoms with Crippen molar-refractivity contribution in [1.82, 2.24) is 9.62 Å². The van der Waals surface area contributed by atoms with Gasteiger partial charge in [0, 0.05) is 13.1 Å². The molecule has 1 saturated heterocycles. The van der Waals surface area contributed by atoms with Gasteiger partial charge in [-0.1, -0.05) is 6.42 Å². The van der Waals surface area contributed by atoms with Crippen LogP contribution in [0.25, 0.3) is 0 Å². The molecule has 0 aromatic heterocycles. The molecule has 0 amide bonds. The Morgan fingerprint density at radius 1 is 1.14 bits per heavy atom. The quantitative estimate of drug-likeness (QED) is 0.869. The zero-order valence-corrected chi connectivity index (χ0v) is 14.5. The molecule has 0 aliphatic carbocycles. The average molecular weight is 326 g/mol. The number of methoxy groups -OCH3 is 1. The van der Waals surface area contributed by atoms with Crippen molar-refractivity contribution in [3.05, 3.63) is 23.3 Å². The number of rotatable bonds is 6. The second kappa shape index (κ2) is 7.44. The van der Waals surface area contributed by atoms with Gasteiger partial charge in [0.1, 0.15) is 10.6 Å². The van der Waals surface area contributed by atoms with Gasteiger partial charge in [-0.15, -0.1) is 0 Å². The molecule has 0 bridgehead atoms. The van der Waals surface area contributed by atoms with Crippen molar-refractivity contribution in [2.75, 3.05) is 33.3 Å². The van der Waals surface area contributed by atoms with Crippen LogP contribution in [0.4, 0.5) is 0 Å². The van der Waals surface area contributed by atoms with E-state index in [-0.39, 0.29) is 4.90 Å². The van der Waals surface area contributed by atoms with Crippen molar-refractivity contribution in [3.8, 4) is 5.75 Å². The number of hydrogen-bond donors (Lipinski definition) is 1. The Bertz CT molecular complexity index is 608. The number of ether oxygens (including phenoxy) is 1. The van der Waals surface area contributed by atoms with Crippen LogP contribution in [0.3, 0.4) is 0 Å². The second-order valence-electron chi connectivity index (χ2n) is 5.89. The summed E-state index contributed by atoms with van der Waals surface area (Å²) in [5.74, 6) is 0.397. The maximum atomic E-state index is 12.5. The van der Waals surface area contributed by atoms with Crippen molar-refractivity contribution in [1.29, 1.82) is 0 Å². The maximum Gasteiger partial charge on any atom is 0.244 e. The highest BCUT2D eigenvalue weighted by atomic mass is 32.2. The van der Waals surface area contributed by atoms with E-state index >= 15 is 0 Å². The van der Waals surface area contributed by atoms with Gasteiger partial charge in [0.15, 0.2) is 0 Å². The molecule has 2 rings (SSSR count). The lowest BCUT2D eigenvalue weighted by molar-refractivity contribution is 0.232. The van der Waals surface area contributed by atoms with Crippen molar-refractivity contribution in [3.63, 3.8) is 0 Å². The first-order valence-corrected chi connectivity index (χ1v) is 9.29. The predicted octanol–water partition coefficient (Wildman–Crippen LogP) is 2.08. The number of piperidine rings is 1. The minimum Gasteiger partial charge on any atom is -0.495 e. The van der Waals surface area contributed by atoms with Crippen LogP contribution >= 0.6 is 0 Å². The Morgan fingerprint density at radius 3 is 2.41 bits per heavy atom. The molecular formula is C16H26N2O3S. The lowest BCUT2D eigenvalue weighted by atomic mass is 10.1. The van der Waals surface area contributed by atoms with Crippen LogP contribution in [0.5, 0.6) is 5.75 Å². The smallest absolute Gasteiger partial charge is 0.244 e. The van der Waals surface area contributed by atoms with Crippen LogP contribution in [0.2, 0.25) is 0 Å². The number of hydrogen-bond acceptors (Lipinski definition) is 4. The number of sulfonamides is 1. The molecule has 1 aromatic rings. The first-order chi connectivity index (χ1) is 10.4. The summed E-state index contributed by atoms with van der Waals surface area (Å²) in [5.41, 5.74) is 1.96. The van der Waals surface area contributed by atoms with E-state index in [0.29, 0.717) is 12.3 Å². The largest absolute Gasteiger partial charge is 0.495 e. The van der Waals surface area contributed by atoms with Gasteiger partial charge in [0.2, 0.25) is 10.0 Å². The van der Waals surface area contributed by atoms with Crippen LogP contribution in [0, 0.1) is 13.8 Å². The van der Waals surface area contributed by atoms with E-state index in [9.17, 15) is 8.42 Å². The third-order valence-electron chi connectivity index (χ3n) is 4.24. The number of nitrogens with one attached hydrogen (secondary N) is 1. The third kappa shape index (κ3) is 4.21. The Morgan fingerprint density at radius 2 is 1.77 bits per heavy atom. The fraction of sp³-hybridized carbons (Fsp3) is 0.625. The molecule has 1 aliphatic heterocycles. The van der Waals surface area contributed by atoms with Crippen molar-refractivity contribution < 1.29 is 13.2 Å². The van der Waals surface area contributed by atoms with Crippen LogP contribution in [-0.4, -0.2) is 46.6 Å². The molecule has 22 heavy (non-hydrogen) atoms. The minimum absolute atomic E-state index is 0.219. The molecular weight excluding hydrogens is 300 g/mol. The first kappa shape index (κ1) is 17.2. The molecule has 0 unspecified atom stereocenters. The molecule has 0 saturated carbocycles. The molecule has 5 nitrogen and oxygen atoms in total. The normalized spacial score (nSPS) is 16.7. The van der Waals surface area contributed by atoms with E-state index in [0.717, 1.165) is 30.8 Å². The average Bonchev–Trinajstić information content (AvgIpc) is 2.50. The molecule has 124 valence electrons. The first-order valence-electron chi connectivity index (χ1n) is 7.81. The summed E-state index contributed by atoms with van der Waals surface area (Å²) >= 11 is 0. The Balaban J connectivity index is 2.04. The zero-order valence-electron chi connectivity index (χ0n) is 13.7. The van der Waals surface area contributed by atoms with Gasteiger partial charge in [-0.25, -0.2) is 13.1 Å². The van der Waals surface area contributed by atoms with Gasteiger partial charge in [0.05, 0.1) is 7.11 Å². The van der Waals surface area contributed by atoms with Crippen molar-refractivity contribution in [2.45, 2.75) is 38.0 Å². The summed E-state index contributed by atoms with van der Waals surface area (Å²) in [7, 11) is -2.05. The lowest BCUT2D eigenvalue weighted by Gasteiger charge is -2.26. The summed E-state index contributed by atoms with van der Waals surface area (Å²) in [6.45, 7) is 7.16. The molecule has 1 aliphatic rings. The van der Waals surface area contributed by atoms with Gasteiger partial charge in [-0.2, -0.15) is 0 Å². The highest BCUT2D eigenvalue weighted by Gasteiger charge is 2.20. The fourth-order valence-electron chi connectivity index (χ4n) is 2.73. The zero-order chi connectivity index (χ0) is 16.2. The second-order valence-corrected chi connectivity index (χ2v) is 7.62. The van der Waals surface area contributed by atoms with Gasteiger partial charge in [-0.05, 0) is 63.0 Å². The standard InChI is InChI=1S/C16H26N2O3S/c1-13-11-15(21-3)16(12-14(13)2)22(19,20)17-7-10-18-8-5-4-6-9-18/h11-12,17H,4-10H2,1-3H3. The summed E-state index contributed by atoms with van der Waals surface area (Å²) in [6.07, 6.45) is 3.69. The molecule has 6 heteroatoms. The molecule has 0 atom stereocenters. The fourth-order valence-corrected chi connectivity index (χ4v) is 3.99. The molecule has 1 fully saturated rings. The molecule has 1 heterocycles. The molecule has 0 spiro atoms. The van der Waals surface area contributed by atoms with Gasteiger partial charge < -0.3 is 9.64 Å². The van der Waals surface area contributed by atoms with Gasteiger partial charge in [0.25, 0.3) is 0 Å².